The quantitative estimate of drug-likeness (QED) is 0.923. The molecule has 2 aromatic rings. The number of hydrogen-bond donors (Lipinski definition) is 1. The van der Waals surface area contributed by atoms with Crippen LogP contribution in [-0.4, -0.2) is 25.0 Å². The fraction of sp³-hybridized carbons (Fsp3) is 0.176. The normalized spacial score (nSPS) is 10.3. The van der Waals surface area contributed by atoms with Crippen LogP contribution in [-0.2, 0) is 4.79 Å². The van der Waals surface area contributed by atoms with Crippen molar-refractivity contribution in [2.75, 3.05) is 18.1 Å². The minimum atomic E-state index is -0.707. The molecule has 114 valence electrons. The van der Waals surface area contributed by atoms with Gasteiger partial charge in [0.2, 0.25) is 5.91 Å². The first kappa shape index (κ1) is 15.7. The number of carbonyl (C=O) groups is 2. The summed E-state index contributed by atoms with van der Waals surface area (Å²) in [6.45, 7) is 0.503. The molecule has 2 N–H and O–H groups in total. The van der Waals surface area contributed by atoms with Gasteiger partial charge in [0.15, 0.2) is 0 Å². The minimum absolute atomic E-state index is 0.126. The number of para-hydroxylation sites is 1. The van der Waals surface area contributed by atoms with Gasteiger partial charge < -0.3 is 10.6 Å². The molecular weight excluding hydrogens is 283 g/mol. The third kappa shape index (κ3) is 3.14. The Balaban J connectivity index is 2.71. The molecule has 0 aliphatic rings. The lowest BCUT2D eigenvalue weighted by atomic mass is 9.98. The summed E-state index contributed by atoms with van der Waals surface area (Å²) in [6, 6.07) is 14.3. The predicted molar refractivity (Wildman–Crippen MR) is 84.4 cm³/mol. The third-order valence-electron chi connectivity index (χ3n) is 3.34. The molecule has 2 amide bonds. The van der Waals surface area contributed by atoms with Gasteiger partial charge in [0.1, 0.15) is 6.67 Å². The molecule has 0 saturated heterocycles. The SMILES string of the molecule is CC(=O)N(CCF)c1c(C(N)=O)cccc1-c1ccccc1. The van der Waals surface area contributed by atoms with E-state index in [-0.39, 0.29) is 18.0 Å². The predicted octanol–water partition coefficient (Wildman–Crippen LogP) is 2.77. The monoisotopic (exact) mass is 300 g/mol. The van der Waals surface area contributed by atoms with Crippen molar-refractivity contribution in [2.24, 2.45) is 5.73 Å². The van der Waals surface area contributed by atoms with Crippen molar-refractivity contribution >= 4 is 17.5 Å². The van der Waals surface area contributed by atoms with E-state index >= 15 is 0 Å². The summed E-state index contributed by atoms with van der Waals surface area (Å²) in [7, 11) is 0. The number of carbonyl (C=O) groups excluding carboxylic acids is 2. The Kier molecular flexibility index (Phi) is 4.88. The summed E-state index contributed by atoms with van der Waals surface area (Å²) in [5, 5.41) is 0. The Labute approximate surface area is 128 Å². The molecule has 0 saturated carbocycles. The molecule has 0 unspecified atom stereocenters. The van der Waals surface area contributed by atoms with E-state index in [1.54, 1.807) is 12.1 Å². The fourth-order valence-corrected chi connectivity index (χ4v) is 2.40. The molecule has 0 bridgehead atoms. The van der Waals surface area contributed by atoms with Gasteiger partial charge >= 0.3 is 0 Å². The highest BCUT2D eigenvalue weighted by atomic mass is 19.1. The first-order valence-electron chi connectivity index (χ1n) is 6.88. The highest BCUT2D eigenvalue weighted by Gasteiger charge is 2.22. The van der Waals surface area contributed by atoms with Gasteiger partial charge in [0, 0.05) is 12.5 Å². The molecule has 0 spiro atoms. The van der Waals surface area contributed by atoms with Crippen LogP contribution in [0.1, 0.15) is 17.3 Å². The van der Waals surface area contributed by atoms with Gasteiger partial charge in [-0.1, -0.05) is 42.5 Å². The van der Waals surface area contributed by atoms with Crippen LogP contribution in [0.3, 0.4) is 0 Å². The summed E-state index contributed by atoms with van der Waals surface area (Å²) in [5.41, 5.74) is 7.47. The van der Waals surface area contributed by atoms with Gasteiger partial charge in [0.25, 0.3) is 5.91 Å². The van der Waals surface area contributed by atoms with Crippen LogP contribution in [0.25, 0.3) is 11.1 Å². The second-order valence-electron chi connectivity index (χ2n) is 4.79. The summed E-state index contributed by atoms with van der Waals surface area (Å²) < 4.78 is 12.8. The van der Waals surface area contributed by atoms with E-state index < -0.39 is 12.6 Å². The molecular formula is C17H17FN2O2. The lowest BCUT2D eigenvalue weighted by Crippen LogP contribution is -2.33. The lowest BCUT2D eigenvalue weighted by molar-refractivity contribution is -0.116. The number of primary amides is 1. The number of rotatable bonds is 5. The Bertz CT molecular complexity index is 686. The summed E-state index contributed by atoms with van der Waals surface area (Å²) in [5.74, 6) is -0.999. The van der Waals surface area contributed by atoms with Gasteiger partial charge in [-0.25, -0.2) is 4.39 Å². The molecule has 0 atom stereocenters. The number of amides is 2. The number of hydrogen-bond acceptors (Lipinski definition) is 2. The first-order valence-corrected chi connectivity index (χ1v) is 6.88. The van der Waals surface area contributed by atoms with E-state index in [1.165, 1.54) is 17.9 Å². The number of nitrogens with zero attached hydrogens (tertiary/aromatic N) is 1. The van der Waals surface area contributed by atoms with Crippen LogP contribution in [0.2, 0.25) is 0 Å². The van der Waals surface area contributed by atoms with E-state index in [0.717, 1.165) is 5.56 Å². The Hall–Kier alpha value is -2.69. The zero-order chi connectivity index (χ0) is 16.1. The van der Waals surface area contributed by atoms with Crippen LogP contribution >= 0.6 is 0 Å². The van der Waals surface area contributed by atoms with E-state index in [9.17, 15) is 14.0 Å². The molecule has 0 aliphatic heterocycles. The maximum absolute atomic E-state index is 12.8. The van der Waals surface area contributed by atoms with Crippen molar-refractivity contribution in [3.05, 3.63) is 54.1 Å². The molecule has 0 radical (unpaired) electrons. The maximum atomic E-state index is 12.8. The Morgan fingerprint density at radius 3 is 2.32 bits per heavy atom. The first-order chi connectivity index (χ1) is 10.6. The van der Waals surface area contributed by atoms with Gasteiger partial charge in [0.05, 0.1) is 17.8 Å². The van der Waals surface area contributed by atoms with Crippen LogP contribution < -0.4 is 10.6 Å². The highest BCUT2D eigenvalue weighted by Crippen LogP contribution is 2.34. The average molecular weight is 300 g/mol. The highest BCUT2D eigenvalue weighted by molar-refractivity contribution is 6.07. The largest absolute Gasteiger partial charge is 0.366 e. The van der Waals surface area contributed by atoms with E-state index in [1.807, 2.05) is 30.3 Å². The number of nitrogens with two attached hydrogens (primary N) is 1. The Morgan fingerprint density at radius 1 is 1.09 bits per heavy atom. The molecule has 4 nitrogen and oxygen atoms in total. The molecule has 0 heterocycles. The van der Waals surface area contributed by atoms with E-state index in [2.05, 4.69) is 0 Å². The topological polar surface area (TPSA) is 63.4 Å². The van der Waals surface area contributed by atoms with Gasteiger partial charge in [-0.2, -0.15) is 0 Å². The van der Waals surface area contributed by atoms with Crippen molar-refractivity contribution in [3.8, 4) is 11.1 Å². The second kappa shape index (κ2) is 6.85. The minimum Gasteiger partial charge on any atom is -0.366 e. The molecule has 22 heavy (non-hydrogen) atoms. The van der Waals surface area contributed by atoms with Crippen LogP contribution in [0.5, 0.6) is 0 Å². The summed E-state index contributed by atoms with van der Waals surface area (Å²) >= 11 is 0. The summed E-state index contributed by atoms with van der Waals surface area (Å²) in [4.78, 5) is 24.9. The van der Waals surface area contributed by atoms with Gasteiger partial charge in [-0.3, -0.25) is 9.59 Å². The van der Waals surface area contributed by atoms with Crippen molar-refractivity contribution in [3.63, 3.8) is 0 Å². The smallest absolute Gasteiger partial charge is 0.250 e. The number of benzene rings is 2. The zero-order valence-electron chi connectivity index (χ0n) is 12.3. The third-order valence-corrected chi connectivity index (χ3v) is 3.34. The standard InChI is InChI=1S/C17H17FN2O2/c1-12(21)20(11-10-18)16-14(13-6-3-2-4-7-13)8-5-9-15(16)17(19)22/h2-9H,10-11H2,1H3,(H2,19,22). The molecule has 0 aromatic heterocycles. The Morgan fingerprint density at radius 2 is 1.77 bits per heavy atom. The van der Waals surface area contributed by atoms with Crippen LogP contribution in [0, 0.1) is 0 Å². The molecule has 2 rings (SSSR count). The van der Waals surface area contributed by atoms with Gasteiger partial charge in [-0.05, 0) is 11.6 Å². The second-order valence-corrected chi connectivity index (χ2v) is 4.79. The fourth-order valence-electron chi connectivity index (χ4n) is 2.40. The van der Waals surface area contributed by atoms with Crippen LogP contribution in [0.15, 0.2) is 48.5 Å². The zero-order valence-corrected chi connectivity index (χ0v) is 12.3. The van der Waals surface area contributed by atoms with E-state index in [0.29, 0.717) is 11.3 Å². The molecule has 5 heteroatoms. The molecule has 2 aromatic carbocycles. The molecule has 0 fully saturated rings. The maximum Gasteiger partial charge on any atom is 0.250 e. The number of alkyl halides is 1. The van der Waals surface area contributed by atoms with Gasteiger partial charge in [-0.15, -0.1) is 0 Å². The summed E-state index contributed by atoms with van der Waals surface area (Å²) in [6.07, 6.45) is 0. The van der Waals surface area contributed by atoms with Crippen molar-refractivity contribution < 1.29 is 14.0 Å². The van der Waals surface area contributed by atoms with Crippen LogP contribution in [0.4, 0.5) is 10.1 Å². The average Bonchev–Trinajstić information content (AvgIpc) is 2.52. The lowest BCUT2D eigenvalue weighted by Gasteiger charge is -2.25. The molecule has 0 aliphatic carbocycles. The van der Waals surface area contributed by atoms with Crippen molar-refractivity contribution in [1.82, 2.24) is 0 Å². The van der Waals surface area contributed by atoms with Crippen molar-refractivity contribution in [1.29, 1.82) is 0 Å². The van der Waals surface area contributed by atoms with Crippen molar-refractivity contribution in [2.45, 2.75) is 6.92 Å². The van der Waals surface area contributed by atoms with E-state index in [4.69, 9.17) is 5.73 Å². The number of halogens is 1. The number of anilines is 1.